The molecule has 0 radical (unpaired) electrons. The van der Waals surface area contributed by atoms with E-state index < -0.39 is 10.0 Å². The summed E-state index contributed by atoms with van der Waals surface area (Å²) in [5, 5.41) is 6.50. The Labute approximate surface area is 167 Å². The van der Waals surface area contributed by atoms with Crippen LogP contribution < -0.4 is 15.4 Å². The summed E-state index contributed by atoms with van der Waals surface area (Å²) in [4.78, 5) is 4.45. The van der Waals surface area contributed by atoms with E-state index in [0.717, 1.165) is 5.56 Å². The molecular formula is C20H28N4O3S. The topological polar surface area (TPSA) is 91.8 Å². The van der Waals surface area contributed by atoms with Crippen molar-refractivity contribution in [3.05, 3.63) is 65.2 Å². The van der Waals surface area contributed by atoms with Crippen molar-refractivity contribution in [1.29, 1.82) is 0 Å². The first kappa shape index (κ1) is 21.9. The Hall–Kier alpha value is -2.42. The van der Waals surface area contributed by atoms with Crippen LogP contribution >= 0.6 is 0 Å². The highest BCUT2D eigenvalue weighted by atomic mass is 32.2. The van der Waals surface area contributed by atoms with E-state index in [0.29, 0.717) is 25.7 Å². The molecule has 0 aliphatic rings. The second-order valence-corrected chi connectivity index (χ2v) is 8.07. The van der Waals surface area contributed by atoms with Gasteiger partial charge in [0.1, 0.15) is 0 Å². The van der Waals surface area contributed by atoms with Gasteiger partial charge >= 0.3 is 0 Å². The van der Waals surface area contributed by atoms with Crippen LogP contribution in [0.5, 0.6) is 0 Å². The molecule has 8 heteroatoms. The largest absolute Gasteiger partial charge is 0.383 e. The molecule has 0 unspecified atom stereocenters. The van der Waals surface area contributed by atoms with E-state index in [1.54, 1.807) is 31.3 Å². The minimum atomic E-state index is -3.51. The monoisotopic (exact) mass is 404 g/mol. The molecule has 152 valence electrons. The summed E-state index contributed by atoms with van der Waals surface area (Å²) >= 11 is 0. The first-order valence-electron chi connectivity index (χ1n) is 9.02. The number of aryl methyl sites for hydroxylation is 1. The van der Waals surface area contributed by atoms with Gasteiger partial charge < -0.3 is 15.4 Å². The van der Waals surface area contributed by atoms with Crippen LogP contribution in [0.3, 0.4) is 0 Å². The molecule has 0 bridgehead atoms. The van der Waals surface area contributed by atoms with Gasteiger partial charge in [-0.05, 0) is 30.2 Å². The summed E-state index contributed by atoms with van der Waals surface area (Å²) < 4.78 is 31.7. The lowest BCUT2D eigenvalue weighted by Crippen LogP contribution is -2.36. The molecule has 0 fully saturated rings. The zero-order valence-corrected chi connectivity index (χ0v) is 17.3. The zero-order chi connectivity index (χ0) is 20.4. The maximum Gasteiger partial charge on any atom is 0.240 e. The molecule has 0 amide bonds. The van der Waals surface area contributed by atoms with Gasteiger partial charge in [-0.2, -0.15) is 0 Å². The van der Waals surface area contributed by atoms with Crippen LogP contribution in [0, 0.1) is 6.92 Å². The number of hydrogen-bond donors (Lipinski definition) is 3. The second kappa shape index (κ2) is 10.8. The van der Waals surface area contributed by atoms with Crippen LogP contribution in [0.25, 0.3) is 0 Å². The molecule has 0 heterocycles. The van der Waals surface area contributed by atoms with Crippen molar-refractivity contribution < 1.29 is 13.2 Å². The summed E-state index contributed by atoms with van der Waals surface area (Å²) in [5.74, 6) is 0.680. The molecule has 0 spiro atoms. The van der Waals surface area contributed by atoms with Gasteiger partial charge in [0.05, 0.1) is 11.5 Å². The molecule has 0 saturated carbocycles. The number of guanidine groups is 1. The fourth-order valence-corrected chi connectivity index (χ4v) is 3.58. The van der Waals surface area contributed by atoms with Crippen LogP contribution in [0.2, 0.25) is 0 Å². The fourth-order valence-electron chi connectivity index (χ4n) is 2.56. The number of nitrogens with one attached hydrogen (secondary N) is 3. The van der Waals surface area contributed by atoms with E-state index in [2.05, 4.69) is 45.5 Å². The molecule has 0 saturated heterocycles. The number of aliphatic imine (C=N–C) groups is 1. The first-order chi connectivity index (χ1) is 13.4. The van der Waals surface area contributed by atoms with Crippen LogP contribution in [0.1, 0.15) is 16.7 Å². The van der Waals surface area contributed by atoms with Crippen LogP contribution in [-0.2, 0) is 27.8 Å². The van der Waals surface area contributed by atoms with Crippen molar-refractivity contribution in [2.24, 2.45) is 4.99 Å². The van der Waals surface area contributed by atoms with Crippen molar-refractivity contribution in [2.75, 3.05) is 27.3 Å². The Morgan fingerprint density at radius 1 is 1.04 bits per heavy atom. The van der Waals surface area contributed by atoms with Gasteiger partial charge in [-0.3, -0.25) is 4.99 Å². The summed E-state index contributed by atoms with van der Waals surface area (Å²) in [6.07, 6.45) is 0. The molecule has 28 heavy (non-hydrogen) atoms. The summed E-state index contributed by atoms with van der Waals surface area (Å²) in [7, 11) is -0.272. The van der Waals surface area contributed by atoms with Gasteiger partial charge in [-0.1, -0.05) is 42.0 Å². The lowest BCUT2D eigenvalue weighted by Gasteiger charge is -2.13. The third-order valence-corrected chi connectivity index (χ3v) is 5.53. The van der Waals surface area contributed by atoms with Crippen molar-refractivity contribution in [3.8, 4) is 0 Å². The van der Waals surface area contributed by atoms with Gasteiger partial charge in [0.2, 0.25) is 10.0 Å². The van der Waals surface area contributed by atoms with E-state index in [1.807, 2.05) is 6.07 Å². The van der Waals surface area contributed by atoms with Gasteiger partial charge in [0, 0.05) is 33.8 Å². The highest BCUT2D eigenvalue weighted by Gasteiger charge is 2.12. The molecule has 0 atom stereocenters. The molecule has 0 aromatic heterocycles. The number of ether oxygens (including phenoxy) is 1. The molecule has 7 nitrogen and oxygen atoms in total. The summed E-state index contributed by atoms with van der Waals surface area (Å²) in [5.41, 5.74) is 3.35. The number of benzene rings is 2. The zero-order valence-electron chi connectivity index (χ0n) is 16.5. The highest BCUT2D eigenvalue weighted by molar-refractivity contribution is 7.89. The van der Waals surface area contributed by atoms with E-state index >= 15 is 0 Å². The Kier molecular flexibility index (Phi) is 8.43. The minimum Gasteiger partial charge on any atom is -0.383 e. The smallest absolute Gasteiger partial charge is 0.240 e. The quantitative estimate of drug-likeness (QED) is 0.337. The van der Waals surface area contributed by atoms with E-state index in [4.69, 9.17) is 4.74 Å². The summed E-state index contributed by atoms with van der Waals surface area (Å²) in [6.45, 7) is 3.84. The van der Waals surface area contributed by atoms with Crippen molar-refractivity contribution in [3.63, 3.8) is 0 Å². The van der Waals surface area contributed by atoms with Crippen LogP contribution in [-0.4, -0.2) is 41.7 Å². The predicted molar refractivity (Wildman–Crippen MR) is 112 cm³/mol. The number of hydrogen-bond acceptors (Lipinski definition) is 4. The van der Waals surface area contributed by atoms with Gasteiger partial charge in [-0.25, -0.2) is 13.1 Å². The SMILES string of the molecule is CN=C(NCc1ccc(S(=O)(=O)NCCOC)cc1)NCc1cccc(C)c1. The van der Waals surface area contributed by atoms with E-state index in [1.165, 1.54) is 18.2 Å². The Balaban J connectivity index is 1.87. The Morgan fingerprint density at radius 3 is 2.32 bits per heavy atom. The normalized spacial score (nSPS) is 12.0. The fraction of sp³-hybridized carbons (Fsp3) is 0.350. The standard InChI is InChI=1S/C20H28N4O3S/c1-16-5-4-6-18(13-16)15-23-20(21-2)22-14-17-7-9-19(10-8-17)28(25,26)24-11-12-27-3/h4-10,13,24H,11-12,14-15H2,1-3H3,(H2,21,22,23). The van der Waals surface area contributed by atoms with Crippen molar-refractivity contribution in [2.45, 2.75) is 24.9 Å². The molecule has 2 aromatic rings. The number of sulfonamides is 1. The van der Waals surface area contributed by atoms with Gasteiger partial charge in [-0.15, -0.1) is 0 Å². The van der Waals surface area contributed by atoms with Crippen molar-refractivity contribution in [1.82, 2.24) is 15.4 Å². The maximum absolute atomic E-state index is 12.2. The third-order valence-electron chi connectivity index (χ3n) is 4.06. The van der Waals surface area contributed by atoms with Crippen molar-refractivity contribution >= 4 is 16.0 Å². The average Bonchev–Trinajstić information content (AvgIpc) is 2.68. The summed E-state index contributed by atoms with van der Waals surface area (Å²) in [6, 6.07) is 15.0. The number of nitrogens with zero attached hydrogens (tertiary/aromatic N) is 1. The molecular weight excluding hydrogens is 376 g/mol. The van der Waals surface area contributed by atoms with Gasteiger partial charge in [0.15, 0.2) is 5.96 Å². The third kappa shape index (κ3) is 6.95. The second-order valence-electron chi connectivity index (χ2n) is 6.30. The van der Waals surface area contributed by atoms with E-state index in [9.17, 15) is 8.42 Å². The lowest BCUT2D eigenvalue weighted by molar-refractivity contribution is 0.204. The highest BCUT2D eigenvalue weighted by Crippen LogP contribution is 2.10. The molecule has 0 aliphatic carbocycles. The Morgan fingerprint density at radius 2 is 1.71 bits per heavy atom. The van der Waals surface area contributed by atoms with Crippen LogP contribution in [0.15, 0.2) is 58.4 Å². The first-order valence-corrected chi connectivity index (χ1v) is 10.5. The Bertz CT molecular complexity index is 881. The minimum absolute atomic E-state index is 0.231. The molecule has 2 rings (SSSR count). The van der Waals surface area contributed by atoms with Gasteiger partial charge in [0.25, 0.3) is 0 Å². The predicted octanol–water partition coefficient (Wildman–Crippen LogP) is 1.78. The van der Waals surface area contributed by atoms with Crippen LogP contribution in [0.4, 0.5) is 0 Å². The number of methoxy groups -OCH3 is 1. The number of rotatable bonds is 9. The lowest BCUT2D eigenvalue weighted by atomic mass is 10.1. The van der Waals surface area contributed by atoms with E-state index in [-0.39, 0.29) is 11.4 Å². The molecule has 3 N–H and O–H groups in total. The maximum atomic E-state index is 12.2. The molecule has 0 aliphatic heterocycles. The molecule has 2 aromatic carbocycles. The average molecular weight is 405 g/mol.